The van der Waals surface area contributed by atoms with E-state index in [1.54, 1.807) is 7.11 Å². The van der Waals surface area contributed by atoms with Crippen LogP contribution in [-0.2, 0) is 6.42 Å². The number of methoxy groups -OCH3 is 1. The molecule has 0 radical (unpaired) electrons. The molecule has 0 saturated carbocycles. The quantitative estimate of drug-likeness (QED) is 0.822. The molecule has 1 N–H and O–H groups in total. The van der Waals surface area contributed by atoms with E-state index in [4.69, 9.17) is 4.74 Å². The van der Waals surface area contributed by atoms with Gasteiger partial charge in [0.05, 0.1) is 13.2 Å². The largest absolute Gasteiger partial charge is 0.497 e. The fourth-order valence-electron chi connectivity index (χ4n) is 2.07. The van der Waals surface area contributed by atoms with Crippen molar-refractivity contribution in [3.8, 4) is 5.75 Å². The van der Waals surface area contributed by atoms with Crippen LogP contribution in [0, 0.1) is 0 Å². The highest BCUT2D eigenvalue weighted by Gasteiger charge is 2.14. The highest BCUT2D eigenvalue weighted by atomic mass is 16.5. The predicted molar refractivity (Wildman–Crippen MR) is 79.7 cm³/mol. The van der Waals surface area contributed by atoms with Gasteiger partial charge in [-0.2, -0.15) is 0 Å². The molecular weight excluding hydrogens is 238 g/mol. The molecule has 0 bridgehead atoms. The molecule has 0 aromatic heterocycles. The molecule has 0 aliphatic carbocycles. The van der Waals surface area contributed by atoms with Crippen LogP contribution in [0.2, 0.25) is 0 Å². The van der Waals surface area contributed by atoms with E-state index in [1.165, 1.54) is 5.56 Å². The van der Waals surface area contributed by atoms with Crippen LogP contribution in [0.4, 0.5) is 0 Å². The average molecular weight is 265 g/mol. The fourth-order valence-corrected chi connectivity index (χ4v) is 2.07. The molecule has 0 spiro atoms. The highest BCUT2D eigenvalue weighted by molar-refractivity contribution is 5.37. The Balaban J connectivity index is 2.77. The number of benzene rings is 1. The zero-order valence-electron chi connectivity index (χ0n) is 12.8. The van der Waals surface area contributed by atoms with Gasteiger partial charge in [-0.15, -0.1) is 0 Å². The zero-order valence-corrected chi connectivity index (χ0v) is 12.8. The van der Waals surface area contributed by atoms with Gasteiger partial charge in [0.25, 0.3) is 0 Å². The van der Waals surface area contributed by atoms with Gasteiger partial charge in [-0.25, -0.2) is 0 Å². The summed E-state index contributed by atoms with van der Waals surface area (Å²) < 4.78 is 5.25. The van der Waals surface area contributed by atoms with Gasteiger partial charge < -0.3 is 14.7 Å². The second-order valence-electron chi connectivity index (χ2n) is 5.30. The number of aliphatic hydroxyl groups excluding tert-OH is 1. The number of hydrogen-bond donors (Lipinski definition) is 1. The molecule has 19 heavy (non-hydrogen) atoms. The van der Waals surface area contributed by atoms with E-state index in [9.17, 15) is 5.11 Å². The summed E-state index contributed by atoms with van der Waals surface area (Å²) in [6.07, 6.45) is 1.25. The number of ether oxygens (including phenoxy) is 1. The smallest absolute Gasteiger partial charge is 0.119 e. The molecule has 0 unspecified atom stereocenters. The van der Waals surface area contributed by atoms with E-state index in [-0.39, 0.29) is 0 Å². The summed E-state index contributed by atoms with van der Waals surface area (Å²) in [6.45, 7) is 7.32. The van der Waals surface area contributed by atoms with Gasteiger partial charge in [0.2, 0.25) is 0 Å². The molecule has 0 heterocycles. The molecule has 1 atom stereocenters. The van der Waals surface area contributed by atoms with Gasteiger partial charge >= 0.3 is 0 Å². The molecule has 108 valence electrons. The third kappa shape index (κ3) is 4.51. The normalized spacial score (nSPS) is 13.1. The maximum atomic E-state index is 10.4. The average Bonchev–Trinajstić information content (AvgIpc) is 2.43. The minimum absolute atomic E-state index is 0.425. The Hall–Kier alpha value is -1.06. The Morgan fingerprint density at radius 3 is 2.53 bits per heavy atom. The summed E-state index contributed by atoms with van der Waals surface area (Å²) >= 11 is 0. The lowest BCUT2D eigenvalue weighted by molar-refractivity contribution is 0.140. The topological polar surface area (TPSA) is 32.7 Å². The predicted octanol–water partition coefficient (Wildman–Crippen LogP) is 3.02. The molecule has 3 heteroatoms. The van der Waals surface area contributed by atoms with Crippen LogP contribution >= 0.6 is 0 Å². The van der Waals surface area contributed by atoms with E-state index in [0.29, 0.717) is 6.04 Å². The lowest BCUT2D eigenvalue weighted by atomic mass is 9.98. The van der Waals surface area contributed by atoms with Crippen LogP contribution in [0.1, 0.15) is 44.4 Å². The van der Waals surface area contributed by atoms with Gasteiger partial charge in [-0.1, -0.05) is 13.0 Å². The van der Waals surface area contributed by atoms with Crippen molar-refractivity contribution in [2.24, 2.45) is 0 Å². The van der Waals surface area contributed by atoms with Crippen molar-refractivity contribution in [3.05, 3.63) is 29.3 Å². The van der Waals surface area contributed by atoms with Crippen molar-refractivity contribution >= 4 is 0 Å². The van der Waals surface area contributed by atoms with Crippen molar-refractivity contribution < 1.29 is 9.84 Å². The van der Waals surface area contributed by atoms with Crippen LogP contribution in [0.3, 0.4) is 0 Å². The monoisotopic (exact) mass is 265 g/mol. The molecule has 0 saturated heterocycles. The van der Waals surface area contributed by atoms with Crippen LogP contribution in [0.5, 0.6) is 5.75 Å². The molecule has 0 aliphatic heterocycles. The Morgan fingerprint density at radius 1 is 1.32 bits per heavy atom. The highest BCUT2D eigenvalue weighted by Crippen LogP contribution is 2.26. The Kier molecular flexibility index (Phi) is 6.32. The van der Waals surface area contributed by atoms with Crippen LogP contribution in [0.25, 0.3) is 0 Å². The minimum Gasteiger partial charge on any atom is -0.497 e. The first-order valence-corrected chi connectivity index (χ1v) is 7.04. The fraction of sp³-hybridized carbons (Fsp3) is 0.625. The summed E-state index contributed by atoms with van der Waals surface area (Å²) in [6, 6.07) is 6.46. The van der Waals surface area contributed by atoms with Crippen LogP contribution in [0.15, 0.2) is 18.2 Å². The first-order valence-electron chi connectivity index (χ1n) is 7.04. The number of hydrogen-bond acceptors (Lipinski definition) is 3. The molecule has 1 aromatic carbocycles. The van der Waals surface area contributed by atoms with Gasteiger partial charge in [-0.3, -0.25) is 0 Å². The van der Waals surface area contributed by atoms with Crippen molar-refractivity contribution in [1.29, 1.82) is 0 Å². The lowest BCUT2D eigenvalue weighted by Crippen LogP contribution is -2.28. The van der Waals surface area contributed by atoms with E-state index in [2.05, 4.69) is 32.7 Å². The maximum absolute atomic E-state index is 10.4. The summed E-state index contributed by atoms with van der Waals surface area (Å²) in [4.78, 5) is 2.25. The van der Waals surface area contributed by atoms with Crippen molar-refractivity contribution in [2.75, 3.05) is 20.7 Å². The summed E-state index contributed by atoms with van der Waals surface area (Å²) in [7, 11) is 3.74. The van der Waals surface area contributed by atoms with Gasteiger partial charge in [-0.05, 0) is 57.0 Å². The molecule has 1 aromatic rings. The summed E-state index contributed by atoms with van der Waals surface area (Å²) in [5, 5.41) is 10.4. The summed E-state index contributed by atoms with van der Waals surface area (Å²) in [5.41, 5.74) is 2.19. The summed E-state index contributed by atoms with van der Waals surface area (Å²) in [5.74, 6) is 0.809. The Labute approximate surface area is 117 Å². The molecule has 3 nitrogen and oxygen atoms in total. The molecular formula is C16H27NO2. The Bertz CT molecular complexity index is 390. The second-order valence-corrected chi connectivity index (χ2v) is 5.30. The van der Waals surface area contributed by atoms with Crippen LogP contribution < -0.4 is 4.74 Å². The standard InChI is InChI=1S/C16H27NO2/c1-6-13-7-8-14(19-5)11-15(13)16(18)9-10-17(4)12(2)3/h7-8,11-12,16,18H,6,9-10H2,1-5H3/t16-/m0/s1. The zero-order chi connectivity index (χ0) is 14.4. The molecule has 0 amide bonds. The van der Waals surface area contributed by atoms with E-state index >= 15 is 0 Å². The third-order valence-corrected chi connectivity index (χ3v) is 3.73. The van der Waals surface area contributed by atoms with E-state index in [0.717, 1.165) is 30.7 Å². The van der Waals surface area contributed by atoms with Gasteiger partial charge in [0, 0.05) is 12.6 Å². The van der Waals surface area contributed by atoms with E-state index in [1.807, 2.05) is 18.2 Å². The van der Waals surface area contributed by atoms with Crippen molar-refractivity contribution in [1.82, 2.24) is 4.90 Å². The van der Waals surface area contributed by atoms with E-state index < -0.39 is 6.10 Å². The Morgan fingerprint density at radius 2 is 2.00 bits per heavy atom. The first-order chi connectivity index (χ1) is 8.99. The second kappa shape index (κ2) is 7.51. The lowest BCUT2D eigenvalue weighted by Gasteiger charge is -2.23. The third-order valence-electron chi connectivity index (χ3n) is 3.73. The van der Waals surface area contributed by atoms with Gasteiger partial charge in [0.1, 0.15) is 5.75 Å². The number of nitrogens with zero attached hydrogens (tertiary/aromatic N) is 1. The van der Waals surface area contributed by atoms with Crippen LogP contribution in [-0.4, -0.2) is 36.8 Å². The maximum Gasteiger partial charge on any atom is 0.119 e. The number of aryl methyl sites for hydroxylation is 1. The minimum atomic E-state index is -0.425. The number of rotatable bonds is 7. The van der Waals surface area contributed by atoms with Crippen molar-refractivity contribution in [3.63, 3.8) is 0 Å². The van der Waals surface area contributed by atoms with Gasteiger partial charge in [0.15, 0.2) is 0 Å². The molecule has 0 aliphatic rings. The molecule has 1 rings (SSSR count). The molecule has 0 fully saturated rings. The van der Waals surface area contributed by atoms with Crippen molar-refractivity contribution in [2.45, 2.75) is 45.8 Å². The SMILES string of the molecule is CCc1ccc(OC)cc1[C@@H](O)CCN(C)C(C)C. The first kappa shape index (κ1) is 16.0. The number of aliphatic hydroxyl groups is 1.